The quantitative estimate of drug-likeness (QED) is 0.718. The molecule has 1 N–H and O–H groups in total. The van der Waals surface area contributed by atoms with Crippen LogP contribution in [-0.2, 0) is 0 Å². The van der Waals surface area contributed by atoms with Crippen LogP contribution in [0.2, 0.25) is 0 Å². The van der Waals surface area contributed by atoms with Gasteiger partial charge in [0.15, 0.2) is 0 Å². The second kappa shape index (κ2) is 4.02. The second-order valence-corrected chi connectivity index (χ2v) is 3.64. The summed E-state index contributed by atoms with van der Waals surface area (Å²) in [7, 11) is 2.05. The minimum atomic E-state index is -0.263. The molecule has 4 heteroatoms. The van der Waals surface area contributed by atoms with E-state index in [4.69, 9.17) is 0 Å². The predicted octanol–water partition coefficient (Wildman–Crippen LogP) is 0.797. The van der Waals surface area contributed by atoms with E-state index >= 15 is 0 Å². The Morgan fingerprint density at radius 1 is 1.57 bits per heavy atom. The summed E-state index contributed by atoms with van der Waals surface area (Å²) in [5, 5.41) is 3.29. The molecule has 1 fully saturated rings. The minimum Gasteiger partial charge on any atom is -0.314 e. The second-order valence-electron chi connectivity index (χ2n) is 3.64. The Hall–Kier alpha value is -1.00. The summed E-state index contributed by atoms with van der Waals surface area (Å²) in [4.78, 5) is 6.08. The van der Waals surface area contributed by atoms with Gasteiger partial charge in [0, 0.05) is 31.9 Å². The van der Waals surface area contributed by atoms with E-state index in [0.29, 0.717) is 0 Å². The average molecular weight is 195 g/mol. The van der Waals surface area contributed by atoms with Crippen molar-refractivity contribution < 1.29 is 4.39 Å². The zero-order valence-electron chi connectivity index (χ0n) is 8.20. The van der Waals surface area contributed by atoms with E-state index in [-0.39, 0.29) is 11.9 Å². The summed E-state index contributed by atoms with van der Waals surface area (Å²) in [6, 6.07) is 1.80. The van der Waals surface area contributed by atoms with E-state index in [9.17, 15) is 4.39 Å². The molecule has 1 aromatic rings. The van der Waals surface area contributed by atoms with Crippen molar-refractivity contribution >= 4 is 0 Å². The van der Waals surface area contributed by atoms with Crippen LogP contribution in [0.15, 0.2) is 18.5 Å². The Kier molecular flexibility index (Phi) is 2.74. The summed E-state index contributed by atoms with van der Waals surface area (Å²) in [6.45, 7) is 2.85. The highest BCUT2D eigenvalue weighted by Gasteiger charge is 2.20. The average Bonchev–Trinajstić information content (AvgIpc) is 2.18. The first-order valence-corrected chi connectivity index (χ1v) is 4.79. The molecular weight excluding hydrogens is 181 g/mol. The first-order chi connectivity index (χ1) is 6.77. The van der Waals surface area contributed by atoms with Crippen LogP contribution in [0.3, 0.4) is 0 Å². The lowest BCUT2D eigenvalue weighted by molar-refractivity contribution is 0.201. The fourth-order valence-corrected chi connectivity index (χ4v) is 1.79. The van der Waals surface area contributed by atoms with Gasteiger partial charge in [-0.3, -0.25) is 9.88 Å². The number of likely N-dealkylation sites (N-methyl/N-ethyl adjacent to an activating group) is 1. The molecule has 1 aromatic heterocycles. The molecule has 0 radical (unpaired) electrons. The van der Waals surface area contributed by atoms with Crippen LogP contribution < -0.4 is 5.32 Å². The Labute approximate surface area is 82.9 Å². The Balaban J connectivity index is 2.20. The van der Waals surface area contributed by atoms with Crippen LogP contribution in [0, 0.1) is 5.82 Å². The molecule has 14 heavy (non-hydrogen) atoms. The van der Waals surface area contributed by atoms with Crippen molar-refractivity contribution in [3.63, 3.8) is 0 Å². The number of hydrogen-bond acceptors (Lipinski definition) is 3. The molecule has 1 unspecified atom stereocenters. The van der Waals surface area contributed by atoms with Gasteiger partial charge in [0.2, 0.25) is 0 Å². The lowest BCUT2D eigenvalue weighted by Crippen LogP contribution is -2.43. The molecule has 2 heterocycles. The van der Waals surface area contributed by atoms with Crippen LogP contribution in [0.25, 0.3) is 0 Å². The molecular formula is C10H14FN3. The first-order valence-electron chi connectivity index (χ1n) is 4.79. The third-order valence-electron chi connectivity index (χ3n) is 2.62. The predicted molar refractivity (Wildman–Crippen MR) is 52.4 cm³/mol. The summed E-state index contributed by atoms with van der Waals surface area (Å²) in [6.07, 6.45) is 2.97. The van der Waals surface area contributed by atoms with Gasteiger partial charge in [-0.15, -0.1) is 0 Å². The largest absolute Gasteiger partial charge is 0.314 e. The zero-order valence-corrected chi connectivity index (χ0v) is 8.20. The van der Waals surface area contributed by atoms with Crippen molar-refractivity contribution in [1.29, 1.82) is 0 Å². The molecule has 1 saturated heterocycles. The highest BCUT2D eigenvalue weighted by atomic mass is 19.1. The van der Waals surface area contributed by atoms with Crippen molar-refractivity contribution in [3.05, 3.63) is 29.8 Å². The maximum absolute atomic E-state index is 12.9. The number of pyridine rings is 1. The van der Waals surface area contributed by atoms with Crippen LogP contribution in [0.5, 0.6) is 0 Å². The molecule has 76 valence electrons. The molecule has 3 nitrogen and oxygen atoms in total. The summed E-state index contributed by atoms with van der Waals surface area (Å²) < 4.78 is 12.9. The van der Waals surface area contributed by atoms with Crippen LogP contribution in [0.1, 0.15) is 11.6 Å². The van der Waals surface area contributed by atoms with Crippen molar-refractivity contribution in [3.8, 4) is 0 Å². The van der Waals surface area contributed by atoms with Crippen LogP contribution >= 0.6 is 0 Å². The highest BCUT2D eigenvalue weighted by Crippen LogP contribution is 2.19. The SMILES string of the molecule is CN1CCNCC1c1cncc(F)c1. The summed E-state index contributed by atoms with van der Waals surface area (Å²) in [5.74, 6) is -0.263. The topological polar surface area (TPSA) is 28.2 Å². The van der Waals surface area contributed by atoms with Gasteiger partial charge in [-0.25, -0.2) is 4.39 Å². The van der Waals surface area contributed by atoms with Gasteiger partial charge >= 0.3 is 0 Å². The van der Waals surface area contributed by atoms with E-state index < -0.39 is 0 Å². The number of piperazine rings is 1. The fourth-order valence-electron chi connectivity index (χ4n) is 1.79. The first kappa shape index (κ1) is 9.55. The third kappa shape index (κ3) is 1.91. The molecule has 1 aliphatic heterocycles. The molecule has 0 saturated carbocycles. The van der Waals surface area contributed by atoms with Gasteiger partial charge in [-0.1, -0.05) is 0 Å². The minimum absolute atomic E-state index is 0.243. The standard InChI is InChI=1S/C10H14FN3/c1-14-3-2-12-7-10(14)8-4-9(11)6-13-5-8/h4-6,10,12H,2-3,7H2,1H3. The molecule has 0 amide bonds. The highest BCUT2D eigenvalue weighted by molar-refractivity contribution is 5.16. The Morgan fingerprint density at radius 3 is 3.14 bits per heavy atom. The summed E-state index contributed by atoms with van der Waals surface area (Å²) >= 11 is 0. The number of hydrogen-bond donors (Lipinski definition) is 1. The van der Waals surface area contributed by atoms with E-state index in [1.807, 2.05) is 0 Å². The number of nitrogens with one attached hydrogen (secondary N) is 1. The number of aromatic nitrogens is 1. The van der Waals surface area contributed by atoms with E-state index in [1.54, 1.807) is 12.3 Å². The maximum Gasteiger partial charge on any atom is 0.141 e. The van der Waals surface area contributed by atoms with E-state index in [0.717, 1.165) is 25.2 Å². The van der Waals surface area contributed by atoms with Crippen molar-refractivity contribution in [2.24, 2.45) is 0 Å². The van der Waals surface area contributed by atoms with E-state index in [2.05, 4.69) is 22.2 Å². The van der Waals surface area contributed by atoms with Gasteiger partial charge in [0.05, 0.1) is 6.20 Å². The van der Waals surface area contributed by atoms with Gasteiger partial charge in [0.1, 0.15) is 5.82 Å². The zero-order chi connectivity index (χ0) is 9.97. The molecule has 0 spiro atoms. The van der Waals surface area contributed by atoms with E-state index in [1.165, 1.54) is 6.20 Å². The van der Waals surface area contributed by atoms with Gasteiger partial charge in [-0.05, 0) is 18.7 Å². The smallest absolute Gasteiger partial charge is 0.141 e. The number of nitrogens with zero attached hydrogens (tertiary/aromatic N) is 2. The fraction of sp³-hybridized carbons (Fsp3) is 0.500. The Morgan fingerprint density at radius 2 is 2.43 bits per heavy atom. The number of rotatable bonds is 1. The van der Waals surface area contributed by atoms with Gasteiger partial charge in [0.25, 0.3) is 0 Å². The Bertz CT molecular complexity index is 316. The molecule has 0 aromatic carbocycles. The van der Waals surface area contributed by atoms with Gasteiger partial charge in [-0.2, -0.15) is 0 Å². The summed E-state index contributed by atoms with van der Waals surface area (Å²) in [5.41, 5.74) is 0.944. The van der Waals surface area contributed by atoms with Crippen LogP contribution in [0.4, 0.5) is 4.39 Å². The third-order valence-corrected chi connectivity index (χ3v) is 2.62. The normalized spacial score (nSPS) is 23.7. The molecule has 2 rings (SSSR count). The maximum atomic E-state index is 12.9. The lowest BCUT2D eigenvalue weighted by atomic mass is 10.1. The number of halogens is 1. The molecule has 0 bridgehead atoms. The molecule has 1 atom stereocenters. The molecule has 0 aliphatic carbocycles. The van der Waals surface area contributed by atoms with Gasteiger partial charge < -0.3 is 5.32 Å². The van der Waals surface area contributed by atoms with Crippen molar-refractivity contribution in [2.75, 3.05) is 26.7 Å². The molecule has 1 aliphatic rings. The van der Waals surface area contributed by atoms with Crippen molar-refractivity contribution in [1.82, 2.24) is 15.2 Å². The van der Waals surface area contributed by atoms with Crippen molar-refractivity contribution in [2.45, 2.75) is 6.04 Å². The van der Waals surface area contributed by atoms with Crippen LogP contribution in [-0.4, -0.2) is 36.6 Å². The monoisotopic (exact) mass is 195 g/mol. The lowest BCUT2D eigenvalue weighted by Gasteiger charge is -2.33.